The van der Waals surface area contributed by atoms with Crippen LogP contribution in [0, 0.1) is 0 Å². The summed E-state index contributed by atoms with van der Waals surface area (Å²) < 4.78 is 0. The van der Waals surface area contributed by atoms with Crippen LogP contribution in [0.5, 0.6) is 0 Å². The zero-order valence-electron chi connectivity index (χ0n) is 6.78. The van der Waals surface area contributed by atoms with Gasteiger partial charge in [-0.25, -0.2) is 0 Å². The predicted octanol–water partition coefficient (Wildman–Crippen LogP) is 3.03. The summed E-state index contributed by atoms with van der Waals surface area (Å²) in [5.74, 6) is 1.07. The molecular weight excluding hydrogens is 144 g/mol. The van der Waals surface area contributed by atoms with E-state index in [2.05, 4.69) is 32.6 Å². The Balaban J connectivity index is 3.33. The zero-order valence-corrected chi connectivity index (χ0v) is 8.67. The fourth-order valence-corrected chi connectivity index (χ4v) is 2.68. The van der Waals surface area contributed by atoms with Gasteiger partial charge in [0.05, 0.1) is 0 Å². The Kier molecular flexibility index (Phi) is 4.67. The summed E-state index contributed by atoms with van der Waals surface area (Å²) in [5.41, 5.74) is 0. The first kappa shape index (κ1) is 9.57. The van der Waals surface area contributed by atoms with Gasteiger partial charge in [-0.15, -0.1) is 0 Å². The topological polar surface area (TPSA) is 0 Å². The van der Waals surface area contributed by atoms with Gasteiger partial charge in [-0.05, 0) is 12.2 Å². The van der Waals surface area contributed by atoms with Crippen molar-refractivity contribution in [3.05, 3.63) is 0 Å². The van der Waals surface area contributed by atoms with Gasteiger partial charge in [-0.1, -0.05) is 32.1 Å². The van der Waals surface area contributed by atoms with Gasteiger partial charge in [0.25, 0.3) is 0 Å². The van der Waals surface area contributed by atoms with Crippen LogP contribution in [0.2, 0.25) is 25.2 Å². The average molecular weight is 162 g/mol. The molecule has 0 unspecified atom stereocenters. The first-order valence-electron chi connectivity index (χ1n) is 3.73. The van der Waals surface area contributed by atoms with Crippen molar-refractivity contribution >= 4 is 20.7 Å². The maximum Gasteiger partial charge on any atom is 0.0471 e. The van der Waals surface area contributed by atoms with Crippen LogP contribution in [0.25, 0.3) is 0 Å². The smallest absolute Gasteiger partial charge is 0.0471 e. The van der Waals surface area contributed by atoms with Gasteiger partial charge in [0, 0.05) is 8.07 Å². The molecule has 9 heavy (non-hydrogen) atoms. The summed E-state index contributed by atoms with van der Waals surface area (Å²) in [4.78, 5) is 0. The van der Waals surface area contributed by atoms with Gasteiger partial charge in [0.15, 0.2) is 0 Å². The minimum absolute atomic E-state index is 0.747. The van der Waals surface area contributed by atoms with E-state index in [-0.39, 0.29) is 0 Å². The van der Waals surface area contributed by atoms with E-state index in [1.54, 1.807) is 0 Å². The van der Waals surface area contributed by atoms with E-state index in [0.717, 1.165) is 5.75 Å². The second kappa shape index (κ2) is 4.39. The quantitative estimate of drug-likeness (QED) is 0.477. The van der Waals surface area contributed by atoms with Crippen molar-refractivity contribution in [1.82, 2.24) is 0 Å². The molecule has 0 atom stereocenters. The summed E-state index contributed by atoms with van der Waals surface area (Å²) in [5, 5.41) is 0. The largest absolute Gasteiger partial charge is 0.179 e. The lowest BCUT2D eigenvalue weighted by molar-refractivity contribution is 1.05. The molecule has 0 radical (unpaired) electrons. The van der Waals surface area contributed by atoms with E-state index < -0.39 is 8.07 Å². The lowest BCUT2D eigenvalue weighted by Gasteiger charge is -2.18. The third-order valence-corrected chi connectivity index (χ3v) is 5.91. The van der Waals surface area contributed by atoms with Crippen molar-refractivity contribution in [1.29, 1.82) is 0 Å². The first-order valence-corrected chi connectivity index (χ1v) is 7.78. The molecule has 0 bridgehead atoms. The van der Waals surface area contributed by atoms with Crippen molar-refractivity contribution in [2.24, 2.45) is 0 Å². The Morgan fingerprint density at radius 3 is 2.22 bits per heavy atom. The van der Waals surface area contributed by atoms with Gasteiger partial charge in [0.1, 0.15) is 0 Å². The predicted molar refractivity (Wildman–Crippen MR) is 51.2 cm³/mol. The van der Waals surface area contributed by atoms with Crippen LogP contribution in [0.15, 0.2) is 0 Å². The highest BCUT2D eigenvalue weighted by Crippen LogP contribution is 2.16. The fraction of sp³-hybridized carbons (Fsp3) is 1.00. The van der Waals surface area contributed by atoms with E-state index in [1.807, 2.05) is 0 Å². The molecule has 2 heteroatoms. The van der Waals surface area contributed by atoms with Gasteiger partial charge in [-0.2, -0.15) is 12.6 Å². The van der Waals surface area contributed by atoms with E-state index in [0.29, 0.717) is 0 Å². The highest BCUT2D eigenvalue weighted by atomic mass is 32.1. The fourth-order valence-electron chi connectivity index (χ4n) is 0.734. The summed E-state index contributed by atoms with van der Waals surface area (Å²) in [6.07, 6.45) is 1.32. The molecule has 0 nitrogen and oxygen atoms in total. The molecule has 0 saturated carbocycles. The Bertz CT molecular complexity index is 71.3. The van der Waals surface area contributed by atoms with Crippen LogP contribution >= 0.6 is 12.6 Å². The van der Waals surface area contributed by atoms with Crippen LogP contribution in [-0.4, -0.2) is 13.8 Å². The third kappa shape index (κ3) is 5.03. The first-order chi connectivity index (χ1) is 4.12. The molecule has 0 aromatic rings. The molecule has 0 aliphatic carbocycles. The Hall–Kier alpha value is 0.567. The Labute approximate surface area is 65.5 Å². The second-order valence-electron chi connectivity index (χ2n) is 3.34. The molecular formula is C7H18SSi. The van der Waals surface area contributed by atoms with E-state index in [9.17, 15) is 0 Å². The monoisotopic (exact) mass is 162 g/mol. The maximum absolute atomic E-state index is 4.19. The molecule has 0 aromatic heterocycles. The summed E-state index contributed by atoms with van der Waals surface area (Å²) in [6, 6.07) is 2.87. The van der Waals surface area contributed by atoms with E-state index in [1.165, 1.54) is 18.5 Å². The van der Waals surface area contributed by atoms with E-state index >= 15 is 0 Å². The molecule has 56 valence electrons. The summed E-state index contributed by atoms with van der Waals surface area (Å²) >= 11 is 4.19. The van der Waals surface area contributed by atoms with Gasteiger partial charge in [-0.3, -0.25) is 0 Å². The molecule has 0 aromatic carbocycles. The number of rotatable bonds is 4. The van der Waals surface area contributed by atoms with Crippen LogP contribution in [0.4, 0.5) is 0 Å². The summed E-state index contributed by atoms with van der Waals surface area (Å²) in [7, 11) is -0.747. The molecule has 0 fully saturated rings. The number of hydrogen-bond acceptors (Lipinski definition) is 1. The standard InChI is InChI=1S/C7H18SSi/c1-4-9(2,3)7-5-6-8/h8H,4-7H2,1-3H3. The van der Waals surface area contributed by atoms with Gasteiger partial charge >= 0.3 is 0 Å². The lowest BCUT2D eigenvalue weighted by atomic mass is 10.6. The minimum atomic E-state index is -0.747. The van der Waals surface area contributed by atoms with Gasteiger partial charge < -0.3 is 0 Å². The molecule has 0 N–H and O–H groups in total. The molecule has 0 amide bonds. The number of hydrogen-bond donors (Lipinski definition) is 1. The molecule has 0 aliphatic heterocycles. The summed E-state index contributed by atoms with van der Waals surface area (Å²) in [6.45, 7) is 7.22. The van der Waals surface area contributed by atoms with Crippen LogP contribution in [0.1, 0.15) is 13.3 Å². The molecule has 0 saturated heterocycles. The maximum atomic E-state index is 4.19. The zero-order chi connectivity index (χ0) is 7.33. The van der Waals surface area contributed by atoms with Crippen LogP contribution in [-0.2, 0) is 0 Å². The van der Waals surface area contributed by atoms with Crippen LogP contribution in [0.3, 0.4) is 0 Å². The molecule has 0 heterocycles. The van der Waals surface area contributed by atoms with Crippen molar-refractivity contribution in [3.8, 4) is 0 Å². The van der Waals surface area contributed by atoms with Crippen molar-refractivity contribution < 1.29 is 0 Å². The highest BCUT2D eigenvalue weighted by molar-refractivity contribution is 7.80. The van der Waals surface area contributed by atoms with Crippen molar-refractivity contribution in [2.45, 2.75) is 38.5 Å². The highest BCUT2D eigenvalue weighted by Gasteiger charge is 2.15. The molecule has 0 rings (SSSR count). The Morgan fingerprint density at radius 1 is 1.33 bits per heavy atom. The third-order valence-electron chi connectivity index (χ3n) is 1.97. The molecule has 0 aliphatic rings. The van der Waals surface area contributed by atoms with E-state index in [4.69, 9.17) is 0 Å². The van der Waals surface area contributed by atoms with Crippen LogP contribution < -0.4 is 0 Å². The van der Waals surface area contributed by atoms with Crippen molar-refractivity contribution in [2.75, 3.05) is 5.75 Å². The normalized spacial score (nSPS) is 12.0. The second-order valence-corrected chi connectivity index (χ2v) is 9.33. The van der Waals surface area contributed by atoms with Crippen molar-refractivity contribution in [3.63, 3.8) is 0 Å². The van der Waals surface area contributed by atoms with Gasteiger partial charge in [0.2, 0.25) is 0 Å². The lowest BCUT2D eigenvalue weighted by Crippen LogP contribution is -2.23. The number of thiol groups is 1. The molecule has 0 spiro atoms. The average Bonchev–Trinajstić information content (AvgIpc) is 1.84. The Morgan fingerprint density at radius 2 is 1.89 bits per heavy atom. The minimum Gasteiger partial charge on any atom is -0.179 e. The SMILES string of the molecule is CC[Si](C)(C)CCCS.